The van der Waals surface area contributed by atoms with Crippen LogP contribution in [-0.2, 0) is 4.79 Å². The topological polar surface area (TPSA) is 46.2 Å². The van der Waals surface area contributed by atoms with Gasteiger partial charge >= 0.3 is 0 Å². The number of carbonyl (C=O) groups excluding carboxylic acids is 2. The minimum absolute atomic E-state index is 0.176. The minimum Gasteiger partial charge on any atom is -0.326 e. The van der Waals surface area contributed by atoms with E-state index in [9.17, 15) is 14.0 Å². The quantitative estimate of drug-likeness (QED) is 0.870. The summed E-state index contributed by atoms with van der Waals surface area (Å²) < 4.78 is 13.2. The molecule has 102 valence electrons. The first-order valence-electron chi connectivity index (χ1n) is 6.16. The van der Waals surface area contributed by atoms with Crippen LogP contribution in [0.25, 0.3) is 0 Å². The second kappa shape index (κ2) is 5.65. The molecule has 1 N–H and O–H groups in total. The summed E-state index contributed by atoms with van der Waals surface area (Å²) in [7, 11) is 0. The highest BCUT2D eigenvalue weighted by Crippen LogP contribution is 2.17. The summed E-state index contributed by atoms with van der Waals surface area (Å²) in [5.41, 5.74) is 2.14. The van der Waals surface area contributed by atoms with Crippen LogP contribution >= 0.6 is 0 Å². The van der Waals surface area contributed by atoms with Gasteiger partial charge in [-0.2, -0.15) is 0 Å². The predicted octanol–water partition coefficient (Wildman–Crippen LogP) is 3.32. The van der Waals surface area contributed by atoms with Crippen molar-refractivity contribution >= 4 is 17.4 Å². The maximum Gasteiger partial charge on any atom is 0.221 e. The van der Waals surface area contributed by atoms with E-state index in [1.54, 1.807) is 37.3 Å². The average molecular weight is 271 g/mol. The number of ketones is 1. The van der Waals surface area contributed by atoms with Gasteiger partial charge < -0.3 is 5.32 Å². The molecule has 2 rings (SSSR count). The fourth-order valence-electron chi connectivity index (χ4n) is 1.90. The van der Waals surface area contributed by atoms with Crippen LogP contribution in [0, 0.1) is 12.7 Å². The molecule has 0 spiro atoms. The Balaban J connectivity index is 2.29. The standard InChI is InChI=1S/C16H14FNO2/c1-10-3-6-13(17)9-15(10)16(20)12-4-7-14(8-5-12)18-11(2)19/h3-9H,1-2H3,(H,18,19). The zero-order chi connectivity index (χ0) is 14.7. The van der Waals surface area contributed by atoms with E-state index >= 15 is 0 Å². The lowest BCUT2D eigenvalue weighted by molar-refractivity contribution is -0.114. The Hall–Kier alpha value is -2.49. The van der Waals surface area contributed by atoms with Gasteiger partial charge in [-0.25, -0.2) is 4.39 Å². The van der Waals surface area contributed by atoms with E-state index in [-0.39, 0.29) is 11.7 Å². The highest BCUT2D eigenvalue weighted by atomic mass is 19.1. The Morgan fingerprint density at radius 3 is 2.30 bits per heavy atom. The zero-order valence-electron chi connectivity index (χ0n) is 11.2. The molecule has 0 radical (unpaired) electrons. The van der Waals surface area contributed by atoms with Crippen LogP contribution in [0.4, 0.5) is 10.1 Å². The summed E-state index contributed by atoms with van der Waals surface area (Å²) >= 11 is 0. The maximum absolute atomic E-state index is 13.2. The molecule has 0 heterocycles. The lowest BCUT2D eigenvalue weighted by atomic mass is 9.99. The number of hydrogen-bond donors (Lipinski definition) is 1. The number of rotatable bonds is 3. The predicted molar refractivity (Wildman–Crippen MR) is 75.3 cm³/mol. The highest BCUT2D eigenvalue weighted by molar-refractivity contribution is 6.10. The third-order valence-corrected chi connectivity index (χ3v) is 2.91. The largest absolute Gasteiger partial charge is 0.326 e. The monoisotopic (exact) mass is 271 g/mol. The number of anilines is 1. The average Bonchev–Trinajstić information content (AvgIpc) is 2.41. The van der Waals surface area contributed by atoms with Crippen molar-refractivity contribution in [2.75, 3.05) is 5.32 Å². The number of halogens is 1. The van der Waals surface area contributed by atoms with Gasteiger partial charge in [0.2, 0.25) is 5.91 Å². The highest BCUT2D eigenvalue weighted by Gasteiger charge is 2.12. The van der Waals surface area contributed by atoms with Gasteiger partial charge in [0.25, 0.3) is 0 Å². The van der Waals surface area contributed by atoms with E-state index in [0.29, 0.717) is 16.8 Å². The molecular formula is C16H14FNO2. The molecule has 0 aliphatic carbocycles. The van der Waals surface area contributed by atoms with Gasteiger partial charge in [-0.1, -0.05) is 6.07 Å². The molecule has 2 aromatic carbocycles. The first-order chi connectivity index (χ1) is 9.47. The molecule has 0 saturated carbocycles. The number of carbonyl (C=O) groups is 2. The molecule has 3 nitrogen and oxygen atoms in total. The Morgan fingerprint density at radius 1 is 1.05 bits per heavy atom. The SMILES string of the molecule is CC(=O)Nc1ccc(C(=O)c2cc(F)ccc2C)cc1. The first kappa shape index (κ1) is 13.9. The second-order valence-electron chi connectivity index (χ2n) is 4.55. The van der Waals surface area contributed by atoms with Crippen molar-refractivity contribution in [1.29, 1.82) is 0 Å². The van der Waals surface area contributed by atoms with Crippen molar-refractivity contribution in [3.05, 3.63) is 65.0 Å². The van der Waals surface area contributed by atoms with E-state index in [1.807, 2.05) is 0 Å². The number of aryl methyl sites for hydroxylation is 1. The van der Waals surface area contributed by atoms with Crippen molar-refractivity contribution in [2.45, 2.75) is 13.8 Å². The third kappa shape index (κ3) is 3.09. The fourth-order valence-corrected chi connectivity index (χ4v) is 1.90. The van der Waals surface area contributed by atoms with Crippen LogP contribution in [0.2, 0.25) is 0 Å². The summed E-state index contributed by atoms with van der Waals surface area (Å²) in [6, 6.07) is 10.6. The Morgan fingerprint density at radius 2 is 1.70 bits per heavy atom. The van der Waals surface area contributed by atoms with Gasteiger partial charge in [0, 0.05) is 23.7 Å². The van der Waals surface area contributed by atoms with Crippen LogP contribution in [0.5, 0.6) is 0 Å². The third-order valence-electron chi connectivity index (χ3n) is 2.91. The van der Waals surface area contributed by atoms with Crippen LogP contribution < -0.4 is 5.32 Å². The van der Waals surface area contributed by atoms with Gasteiger partial charge in [0.1, 0.15) is 5.82 Å². The van der Waals surface area contributed by atoms with Crippen molar-refractivity contribution < 1.29 is 14.0 Å². The zero-order valence-corrected chi connectivity index (χ0v) is 11.2. The van der Waals surface area contributed by atoms with E-state index in [4.69, 9.17) is 0 Å². The lowest BCUT2D eigenvalue weighted by Gasteiger charge is -2.07. The van der Waals surface area contributed by atoms with Crippen molar-refractivity contribution in [3.63, 3.8) is 0 Å². The number of benzene rings is 2. The fraction of sp³-hybridized carbons (Fsp3) is 0.125. The van der Waals surface area contributed by atoms with Crippen LogP contribution in [0.15, 0.2) is 42.5 Å². The van der Waals surface area contributed by atoms with Gasteiger partial charge in [-0.15, -0.1) is 0 Å². The summed E-state index contributed by atoms with van der Waals surface area (Å²) in [4.78, 5) is 23.2. The molecule has 20 heavy (non-hydrogen) atoms. The summed E-state index contributed by atoms with van der Waals surface area (Å²) in [5, 5.41) is 2.62. The van der Waals surface area contributed by atoms with Crippen molar-refractivity contribution in [1.82, 2.24) is 0 Å². The summed E-state index contributed by atoms with van der Waals surface area (Å²) in [6.45, 7) is 3.17. The number of amides is 1. The van der Waals surface area contributed by atoms with E-state index < -0.39 is 5.82 Å². The Labute approximate surface area is 116 Å². The van der Waals surface area contributed by atoms with Crippen LogP contribution in [0.3, 0.4) is 0 Å². The van der Waals surface area contributed by atoms with Gasteiger partial charge in [0.15, 0.2) is 5.78 Å². The van der Waals surface area contributed by atoms with Crippen molar-refractivity contribution in [3.8, 4) is 0 Å². The molecule has 0 atom stereocenters. The summed E-state index contributed by atoms with van der Waals surface area (Å²) in [6.07, 6.45) is 0. The molecule has 4 heteroatoms. The normalized spacial score (nSPS) is 10.2. The van der Waals surface area contributed by atoms with Crippen molar-refractivity contribution in [2.24, 2.45) is 0 Å². The number of hydrogen-bond acceptors (Lipinski definition) is 2. The molecule has 1 amide bonds. The van der Waals surface area contributed by atoms with Gasteiger partial charge in [-0.3, -0.25) is 9.59 Å². The van der Waals surface area contributed by atoms with Crippen LogP contribution in [0.1, 0.15) is 28.4 Å². The first-order valence-corrected chi connectivity index (χ1v) is 6.16. The molecule has 0 bridgehead atoms. The minimum atomic E-state index is -0.436. The molecule has 0 fully saturated rings. The molecule has 0 unspecified atom stereocenters. The molecule has 0 aromatic heterocycles. The van der Waals surface area contributed by atoms with Gasteiger partial charge in [0.05, 0.1) is 0 Å². The molecule has 2 aromatic rings. The van der Waals surface area contributed by atoms with Crippen LogP contribution in [-0.4, -0.2) is 11.7 Å². The Kier molecular flexibility index (Phi) is 3.94. The molecule has 0 aliphatic heterocycles. The summed E-state index contributed by atoms with van der Waals surface area (Å²) in [5.74, 6) is -0.852. The molecule has 0 aliphatic rings. The Bertz CT molecular complexity index is 663. The van der Waals surface area contributed by atoms with E-state index in [0.717, 1.165) is 5.56 Å². The maximum atomic E-state index is 13.2. The number of nitrogens with one attached hydrogen (secondary N) is 1. The molecular weight excluding hydrogens is 257 g/mol. The van der Waals surface area contributed by atoms with Gasteiger partial charge in [-0.05, 0) is 48.9 Å². The lowest BCUT2D eigenvalue weighted by Crippen LogP contribution is -2.07. The second-order valence-corrected chi connectivity index (χ2v) is 4.55. The smallest absolute Gasteiger partial charge is 0.221 e. The molecule has 0 saturated heterocycles. The van der Waals surface area contributed by atoms with E-state index in [1.165, 1.54) is 19.1 Å². The van der Waals surface area contributed by atoms with E-state index in [2.05, 4.69) is 5.32 Å².